The molecule has 126 valence electrons. The monoisotopic (exact) mass is 301 g/mol. The smallest absolute Gasteiger partial charge is 0.326 e. The fourth-order valence-electron chi connectivity index (χ4n) is 2.21. The van der Waals surface area contributed by atoms with E-state index in [0.29, 0.717) is 6.61 Å². The molecule has 4 heteroatoms. The molecule has 0 aromatic carbocycles. The third-order valence-corrected chi connectivity index (χ3v) is 3.60. The van der Waals surface area contributed by atoms with Crippen molar-refractivity contribution in [3.63, 3.8) is 0 Å². The van der Waals surface area contributed by atoms with Crippen LogP contribution in [0.4, 0.5) is 0 Å². The van der Waals surface area contributed by atoms with Crippen LogP contribution in [0.3, 0.4) is 0 Å². The molecule has 0 saturated carbocycles. The van der Waals surface area contributed by atoms with Crippen molar-refractivity contribution in [3.05, 3.63) is 0 Å². The van der Waals surface area contributed by atoms with Crippen molar-refractivity contribution >= 4 is 5.97 Å². The molecular formula is C17H35NO3. The molecule has 21 heavy (non-hydrogen) atoms. The Morgan fingerprint density at radius 3 is 2.33 bits per heavy atom. The first-order valence-corrected chi connectivity index (χ1v) is 8.60. The number of hydrogen-bond acceptors (Lipinski definition) is 4. The number of unbranched alkanes of at least 4 members (excludes halogenated alkanes) is 3. The summed E-state index contributed by atoms with van der Waals surface area (Å²) in [6, 6.07) is 0. The standard InChI is InChI=1S/C17H35NO3/c1-5-8-9-10-14-20-15-11-12-17(4,18-13-6-2)16(19)21-7-3/h18H,5-15H2,1-4H3. The van der Waals surface area contributed by atoms with Crippen molar-refractivity contribution in [2.75, 3.05) is 26.4 Å². The summed E-state index contributed by atoms with van der Waals surface area (Å²) >= 11 is 0. The third-order valence-electron chi connectivity index (χ3n) is 3.60. The second-order valence-corrected chi connectivity index (χ2v) is 5.76. The fourth-order valence-corrected chi connectivity index (χ4v) is 2.21. The second-order valence-electron chi connectivity index (χ2n) is 5.76. The van der Waals surface area contributed by atoms with Gasteiger partial charge in [0.2, 0.25) is 0 Å². The summed E-state index contributed by atoms with van der Waals surface area (Å²) in [4.78, 5) is 12.1. The van der Waals surface area contributed by atoms with Crippen LogP contribution in [0.1, 0.15) is 72.6 Å². The summed E-state index contributed by atoms with van der Waals surface area (Å²) in [5, 5.41) is 3.32. The lowest BCUT2D eigenvalue weighted by atomic mass is 9.95. The average molecular weight is 301 g/mol. The number of nitrogens with one attached hydrogen (secondary N) is 1. The van der Waals surface area contributed by atoms with Crippen LogP contribution in [0.15, 0.2) is 0 Å². The van der Waals surface area contributed by atoms with Gasteiger partial charge >= 0.3 is 5.97 Å². The van der Waals surface area contributed by atoms with E-state index in [1.807, 2.05) is 13.8 Å². The van der Waals surface area contributed by atoms with E-state index in [0.717, 1.165) is 45.4 Å². The number of carbonyl (C=O) groups excluding carboxylic acids is 1. The van der Waals surface area contributed by atoms with Gasteiger partial charge in [0.05, 0.1) is 6.61 Å². The van der Waals surface area contributed by atoms with Crippen molar-refractivity contribution in [1.29, 1.82) is 0 Å². The summed E-state index contributed by atoms with van der Waals surface area (Å²) < 4.78 is 10.8. The molecule has 0 heterocycles. The van der Waals surface area contributed by atoms with Crippen LogP contribution < -0.4 is 5.32 Å². The highest BCUT2D eigenvalue weighted by Gasteiger charge is 2.33. The van der Waals surface area contributed by atoms with Crippen LogP contribution >= 0.6 is 0 Å². The number of carbonyl (C=O) groups is 1. The maximum absolute atomic E-state index is 12.1. The minimum absolute atomic E-state index is 0.151. The molecule has 0 aliphatic heterocycles. The molecule has 0 bridgehead atoms. The van der Waals surface area contributed by atoms with E-state index in [1.165, 1.54) is 19.3 Å². The molecule has 1 unspecified atom stereocenters. The molecule has 0 rings (SSSR count). The SMILES string of the molecule is CCCCCCOCCCC(C)(NCCC)C(=O)OCC. The normalized spacial score (nSPS) is 13.9. The first-order valence-electron chi connectivity index (χ1n) is 8.60. The van der Waals surface area contributed by atoms with Crippen molar-refractivity contribution in [1.82, 2.24) is 5.32 Å². The molecule has 0 aliphatic carbocycles. The van der Waals surface area contributed by atoms with Gasteiger partial charge in [0.1, 0.15) is 5.54 Å². The van der Waals surface area contributed by atoms with Gasteiger partial charge in [0.15, 0.2) is 0 Å². The summed E-state index contributed by atoms with van der Waals surface area (Å²) in [5.41, 5.74) is -0.586. The molecule has 0 saturated heterocycles. The van der Waals surface area contributed by atoms with Crippen molar-refractivity contribution in [2.45, 2.75) is 78.2 Å². The van der Waals surface area contributed by atoms with Gasteiger partial charge in [0, 0.05) is 13.2 Å². The molecular weight excluding hydrogens is 266 g/mol. The molecule has 0 fully saturated rings. The Balaban J connectivity index is 3.93. The summed E-state index contributed by atoms with van der Waals surface area (Å²) in [5.74, 6) is -0.151. The lowest BCUT2D eigenvalue weighted by Gasteiger charge is -2.28. The van der Waals surface area contributed by atoms with E-state index in [-0.39, 0.29) is 5.97 Å². The largest absolute Gasteiger partial charge is 0.465 e. The second kappa shape index (κ2) is 13.1. The Labute approximate surface area is 131 Å². The van der Waals surface area contributed by atoms with Gasteiger partial charge in [-0.3, -0.25) is 4.79 Å². The lowest BCUT2D eigenvalue weighted by Crippen LogP contribution is -2.50. The van der Waals surface area contributed by atoms with Crippen LogP contribution in [0, 0.1) is 0 Å². The predicted molar refractivity (Wildman–Crippen MR) is 87.5 cm³/mol. The van der Waals surface area contributed by atoms with Crippen LogP contribution in [0.25, 0.3) is 0 Å². The van der Waals surface area contributed by atoms with Crippen LogP contribution in [0.2, 0.25) is 0 Å². The minimum Gasteiger partial charge on any atom is -0.465 e. The molecule has 0 aliphatic rings. The Kier molecular flexibility index (Phi) is 12.7. The quantitative estimate of drug-likeness (QED) is 0.393. The molecule has 1 atom stereocenters. The average Bonchev–Trinajstić information content (AvgIpc) is 2.48. The highest BCUT2D eigenvalue weighted by molar-refractivity contribution is 5.80. The Bertz CT molecular complexity index is 258. The molecule has 0 aromatic rings. The fraction of sp³-hybridized carbons (Fsp3) is 0.941. The van der Waals surface area contributed by atoms with E-state index in [2.05, 4.69) is 19.2 Å². The molecule has 0 radical (unpaired) electrons. The molecule has 0 amide bonds. The van der Waals surface area contributed by atoms with Gasteiger partial charge in [-0.15, -0.1) is 0 Å². The zero-order chi connectivity index (χ0) is 16.0. The van der Waals surface area contributed by atoms with E-state index in [4.69, 9.17) is 9.47 Å². The number of esters is 1. The van der Waals surface area contributed by atoms with E-state index < -0.39 is 5.54 Å². The Hall–Kier alpha value is -0.610. The minimum atomic E-state index is -0.586. The maximum atomic E-state index is 12.1. The van der Waals surface area contributed by atoms with Gasteiger partial charge in [0.25, 0.3) is 0 Å². The maximum Gasteiger partial charge on any atom is 0.326 e. The Morgan fingerprint density at radius 2 is 1.71 bits per heavy atom. The van der Waals surface area contributed by atoms with Gasteiger partial charge < -0.3 is 14.8 Å². The molecule has 0 aromatic heterocycles. The molecule has 0 spiro atoms. The van der Waals surface area contributed by atoms with Crippen molar-refractivity contribution in [2.24, 2.45) is 0 Å². The van der Waals surface area contributed by atoms with E-state index in [9.17, 15) is 4.79 Å². The van der Waals surface area contributed by atoms with Gasteiger partial charge in [-0.2, -0.15) is 0 Å². The van der Waals surface area contributed by atoms with Gasteiger partial charge in [-0.05, 0) is 46.1 Å². The highest BCUT2D eigenvalue weighted by Crippen LogP contribution is 2.15. The highest BCUT2D eigenvalue weighted by atomic mass is 16.5. The molecule has 4 nitrogen and oxygen atoms in total. The summed E-state index contributed by atoms with van der Waals surface area (Å²) in [6.07, 6.45) is 7.54. The first-order chi connectivity index (χ1) is 10.1. The number of rotatable bonds is 14. The Morgan fingerprint density at radius 1 is 1.00 bits per heavy atom. The first kappa shape index (κ1) is 20.4. The zero-order valence-electron chi connectivity index (χ0n) is 14.5. The summed E-state index contributed by atoms with van der Waals surface area (Å²) in [6.45, 7) is 10.9. The van der Waals surface area contributed by atoms with Crippen LogP contribution in [0.5, 0.6) is 0 Å². The van der Waals surface area contributed by atoms with Crippen LogP contribution in [-0.4, -0.2) is 37.9 Å². The van der Waals surface area contributed by atoms with E-state index in [1.54, 1.807) is 0 Å². The van der Waals surface area contributed by atoms with E-state index >= 15 is 0 Å². The van der Waals surface area contributed by atoms with Crippen molar-refractivity contribution in [3.8, 4) is 0 Å². The van der Waals surface area contributed by atoms with Crippen molar-refractivity contribution < 1.29 is 14.3 Å². The lowest BCUT2D eigenvalue weighted by molar-refractivity contribution is -0.151. The van der Waals surface area contributed by atoms with Gasteiger partial charge in [-0.25, -0.2) is 0 Å². The number of hydrogen-bond donors (Lipinski definition) is 1. The van der Waals surface area contributed by atoms with Gasteiger partial charge in [-0.1, -0.05) is 33.1 Å². The zero-order valence-corrected chi connectivity index (χ0v) is 14.5. The summed E-state index contributed by atoms with van der Waals surface area (Å²) in [7, 11) is 0. The third kappa shape index (κ3) is 9.86. The number of ether oxygens (including phenoxy) is 2. The molecule has 1 N–H and O–H groups in total. The van der Waals surface area contributed by atoms with Crippen LogP contribution in [-0.2, 0) is 14.3 Å². The topological polar surface area (TPSA) is 47.6 Å². The predicted octanol–water partition coefficient (Wildman–Crippen LogP) is 3.68.